The van der Waals surface area contributed by atoms with Crippen LogP contribution in [0.15, 0.2) is 52.5 Å². The quantitative estimate of drug-likeness (QED) is 0.800. The molecular weight excluding hydrogens is 276 g/mol. The Labute approximate surface area is 123 Å². The highest BCUT2D eigenvalue weighted by molar-refractivity contribution is 7.99. The van der Waals surface area contributed by atoms with Crippen molar-refractivity contribution in [2.24, 2.45) is 0 Å². The van der Waals surface area contributed by atoms with E-state index in [1.807, 2.05) is 30.3 Å². The molecule has 2 aromatic rings. The van der Waals surface area contributed by atoms with Gasteiger partial charge in [-0.1, -0.05) is 48.5 Å². The Hall–Kier alpha value is -1.03. The van der Waals surface area contributed by atoms with E-state index in [9.17, 15) is 0 Å². The fraction of sp³-hybridized carbons (Fsp3) is 0.267. The second-order valence-corrected chi connectivity index (χ2v) is 5.61. The Bertz CT molecular complexity index is 517. The van der Waals surface area contributed by atoms with Crippen LogP contribution in [0.3, 0.4) is 0 Å². The van der Waals surface area contributed by atoms with Crippen molar-refractivity contribution in [1.82, 2.24) is 10.3 Å². The average Bonchev–Trinajstić information content (AvgIpc) is 2.44. The number of nitrogens with zero attached hydrogens (tertiary/aromatic N) is 1. The SMILES string of the molecule is CCCNCc1cccc(Cl)c1Sc1ccccn1. The molecule has 19 heavy (non-hydrogen) atoms. The van der Waals surface area contributed by atoms with Gasteiger partial charge in [0.15, 0.2) is 0 Å². The Morgan fingerprint density at radius 2 is 2.11 bits per heavy atom. The summed E-state index contributed by atoms with van der Waals surface area (Å²) in [4.78, 5) is 5.43. The first-order valence-corrected chi connectivity index (χ1v) is 7.57. The van der Waals surface area contributed by atoms with Crippen molar-refractivity contribution >= 4 is 23.4 Å². The molecule has 1 aromatic carbocycles. The molecular formula is C15H17ClN2S. The fourth-order valence-electron chi connectivity index (χ4n) is 1.72. The number of halogens is 1. The molecule has 1 N–H and O–H groups in total. The highest BCUT2D eigenvalue weighted by Gasteiger charge is 2.09. The molecule has 0 aliphatic rings. The minimum atomic E-state index is 0.784. The van der Waals surface area contributed by atoms with E-state index in [1.165, 1.54) is 5.56 Å². The first-order valence-electron chi connectivity index (χ1n) is 6.38. The van der Waals surface area contributed by atoms with Crippen molar-refractivity contribution in [3.63, 3.8) is 0 Å². The zero-order valence-corrected chi connectivity index (χ0v) is 12.5. The molecule has 0 radical (unpaired) electrons. The number of nitrogens with one attached hydrogen (secondary N) is 1. The molecule has 0 unspecified atom stereocenters. The molecule has 0 saturated heterocycles. The Balaban J connectivity index is 2.18. The van der Waals surface area contributed by atoms with Gasteiger partial charge in [0.1, 0.15) is 5.03 Å². The van der Waals surface area contributed by atoms with Crippen molar-refractivity contribution in [2.75, 3.05) is 6.54 Å². The van der Waals surface area contributed by atoms with E-state index in [4.69, 9.17) is 11.6 Å². The van der Waals surface area contributed by atoms with Crippen molar-refractivity contribution in [3.05, 3.63) is 53.2 Å². The van der Waals surface area contributed by atoms with Gasteiger partial charge in [-0.2, -0.15) is 0 Å². The van der Waals surface area contributed by atoms with E-state index in [0.717, 1.165) is 34.5 Å². The van der Waals surface area contributed by atoms with Gasteiger partial charge in [0.25, 0.3) is 0 Å². The van der Waals surface area contributed by atoms with Crippen LogP contribution in [0.1, 0.15) is 18.9 Å². The maximum atomic E-state index is 6.32. The van der Waals surface area contributed by atoms with Crippen LogP contribution in [0.4, 0.5) is 0 Å². The minimum Gasteiger partial charge on any atom is -0.313 e. The lowest BCUT2D eigenvalue weighted by molar-refractivity contribution is 0.669. The molecule has 0 atom stereocenters. The third kappa shape index (κ3) is 4.23. The van der Waals surface area contributed by atoms with Crippen molar-refractivity contribution < 1.29 is 0 Å². The number of pyridine rings is 1. The summed E-state index contributed by atoms with van der Waals surface area (Å²) in [6, 6.07) is 11.9. The number of aromatic nitrogens is 1. The van der Waals surface area contributed by atoms with Crippen LogP contribution in [-0.2, 0) is 6.54 Å². The predicted molar refractivity (Wildman–Crippen MR) is 81.8 cm³/mol. The molecule has 2 nitrogen and oxygen atoms in total. The normalized spacial score (nSPS) is 10.6. The van der Waals surface area contributed by atoms with Crippen LogP contribution < -0.4 is 5.32 Å². The van der Waals surface area contributed by atoms with Gasteiger partial charge in [0.2, 0.25) is 0 Å². The second kappa shape index (κ2) is 7.53. The van der Waals surface area contributed by atoms with E-state index in [2.05, 4.69) is 23.3 Å². The summed E-state index contributed by atoms with van der Waals surface area (Å²) < 4.78 is 0. The van der Waals surface area contributed by atoms with Gasteiger partial charge in [0.05, 0.1) is 5.02 Å². The van der Waals surface area contributed by atoms with Gasteiger partial charge in [-0.15, -0.1) is 0 Å². The molecule has 1 heterocycles. The maximum absolute atomic E-state index is 6.32. The molecule has 0 aliphatic carbocycles. The van der Waals surface area contributed by atoms with E-state index in [0.29, 0.717) is 0 Å². The van der Waals surface area contributed by atoms with E-state index >= 15 is 0 Å². The topological polar surface area (TPSA) is 24.9 Å². The largest absolute Gasteiger partial charge is 0.313 e. The molecule has 0 fully saturated rings. The highest BCUT2D eigenvalue weighted by Crippen LogP contribution is 2.34. The second-order valence-electron chi connectivity index (χ2n) is 4.17. The number of benzene rings is 1. The number of rotatable bonds is 6. The third-order valence-corrected chi connectivity index (χ3v) is 4.20. The van der Waals surface area contributed by atoms with Crippen LogP contribution >= 0.6 is 23.4 Å². The monoisotopic (exact) mass is 292 g/mol. The van der Waals surface area contributed by atoms with Crippen LogP contribution in [0, 0.1) is 0 Å². The van der Waals surface area contributed by atoms with E-state index in [1.54, 1.807) is 18.0 Å². The van der Waals surface area contributed by atoms with Gasteiger partial charge < -0.3 is 5.32 Å². The lowest BCUT2D eigenvalue weighted by Crippen LogP contribution is -2.14. The van der Waals surface area contributed by atoms with Crippen LogP contribution in [0.2, 0.25) is 5.02 Å². The molecule has 2 rings (SSSR count). The summed E-state index contributed by atoms with van der Waals surface area (Å²) in [5, 5.41) is 5.16. The zero-order valence-electron chi connectivity index (χ0n) is 10.9. The molecule has 0 aliphatic heterocycles. The van der Waals surface area contributed by atoms with Gasteiger partial charge in [-0.05, 0) is 36.7 Å². The predicted octanol–water partition coefficient (Wildman–Crippen LogP) is 4.39. The molecule has 0 bridgehead atoms. The third-order valence-electron chi connectivity index (χ3n) is 2.64. The molecule has 0 spiro atoms. The summed E-state index contributed by atoms with van der Waals surface area (Å²) in [5.41, 5.74) is 1.22. The van der Waals surface area contributed by atoms with Gasteiger partial charge in [-0.3, -0.25) is 0 Å². The molecule has 0 saturated carbocycles. The summed E-state index contributed by atoms with van der Waals surface area (Å²) >= 11 is 7.93. The van der Waals surface area contributed by atoms with Gasteiger partial charge >= 0.3 is 0 Å². The van der Waals surface area contributed by atoms with Crippen LogP contribution in [0.5, 0.6) is 0 Å². The maximum Gasteiger partial charge on any atom is 0.101 e. The van der Waals surface area contributed by atoms with Gasteiger partial charge in [0, 0.05) is 17.6 Å². The average molecular weight is 293 g/mol. The Morgan fingerprint density at radius 3 is 2.84 bits per heavy atom. The van der Waals surface area contributed by atoms with Crippen LogP contribution in [-0.4, -0.2) is 11.5 Å². The molecule has 1 aromatic heterocycles. The van der Waals surface area contributed by atoms with Crippen molar-refractivity contribution in [3.8, 4) is 0 Å². The van der Waals surface area contributed by atoms with E-state index < -0.39 is 0 Å². The highest BCUT2D eigenvalue weighted by atomic mass is 35.5. The first-order chi connectivity index (χ1) is 9.31. The first kappa shape index (κ1) is 14.4. The zero-order chi connectivity index (χ0) is 13.5. The van der Waals surface area contributed by atoms with Crippen LogP contribution in [0.25, 0.3) is 0 Å². The minimum absolute atomic E-state index is 0.784. The van der Waals surface area contributed by atoms with Gasteiger partial charge in [-0.25, -0.2) is 4.98 Å². The fourth-order valence-corrected chi connectivity index (χ4v) is 2.93. The van der Waals surface area contributed by atoms with E-state index in [-0.39, 0.29) is 0 Å². The number of hydrogen-bond acceptors (Lipinski definition) is 3. The Kier molecular flexibility index (Phi) is 5.70. The van der Waals surface area contributed by atoms with Crippen molar-refractivity contribution in [2.45, 2.75) is 29.8 Å². The summed E-state index contributed by atoms with van der Waals surface area (Å²) in [7, 11) is 0. The number of hydrogen-bond donors (Lipinski definition) is 1. The molecule has 0 amide bonds. The molecule has 100 valence electrons. The molecule has 4 heteroatoms. The standard InChI is InChI=1S/C15H17ClN2S/c1-2-9-17-11-12-6-5-7-13(16)15(12)19-14-8-3-4-10-18-14/h3-8,10,17H,2,9,11H2,1H3. The van der Waals surface area contributed by atoms with Crippen molar-refractivity contribution in [1.29, 1.82) is 0 Å². The lowest BCUT2D eigenvalue weighted by atomic mass is 10.2. The smallest absolute Gasteiger partial charge is 0.101 e. The summed E-state index contributed by atoms with van der Waals surface area (Å²) in [5.74, 6) is 0. The summed E-state index contributed by atoms with van der Waals surface area (Å²) in [6.45, 7) is 4.01. The lowest BCUT2D eigenvalue weighted by Gasteiger charge is -2.11. The summed E-state index contributed by atoms with van der Waals surface area (Å²) in [6.07, 6.45) is 2.93. The Morgan fingerprint density at radius 1 is 1.21 bits per heavy atom.